The molecule has 2 aromatic heterocycles. The van der Waals surface area contributed by atoms with E-state index in [4.69, 9.17) is 0 Å². The molecule has 0 fully saturated rings. The minimum Gasteiger partial charge on any atom is -0.476 e. The van der Waals surface area contributed by atoms with Gasteiger partial charge in [-0.05, 0) is 12.1 Å². The second-order valence-electron chi connectivity index (χ2n) is 5.85. The number of aromatic nitrogens is 2. The number of aromatic carboxylic acids is 1. The highest BCUT2D eigenvalue weighted by Gasteiger charge is 2.26. The Labute approximate surface area is 112 Å². The number of carbonyl (C=O) groups is 1. The van der Waals surface area contributed by atoms with Crippen LogP contribution in [0.4, 0.5) is 5.69 Å². The Hall–Kier alpha value is -2.04. The average Bonchev–Trinajstić information content (AvgIpc) is 2.67. The SMILES string of the molecule is CN(C)c1cccn2c(C(C)(C)C)nc(C(=O)O)c12. The van der Waals surface area contributed by atoms with Gasteiger partial charge in [0.2, 0.25) is 0 Å². The molecule has 0 aliphatic rings. The minimum absolute atomic E-state index is 0.106. The highest BCUT2D eigenvalue weighted by Crippen LogP contribution is 2.29. The first kappa shape index (κ1) is 13.4. The first-order chi connectivity index (χ1) is 8.73. The number of hydrogen-bond acceptors (Lipinski definition) is 3. The van der Waals surface area contributed by atoms with Crippen LogP contribution < -0.4 is 4.90 Å². The van der Waals surface area contributed by atoms with E-state index in [9.17, 15) is 9.90 Å². The van der Waals surface area contributed by atoms with Crippen LogP contribution in [0.2, 0.25) is 0 Å². The third-order valence-corrected chi connectivity index (χ3v) is 3.00. The molecular formula is C14H19N3O2. The summed E-state index contributed by atoms with van der Waals surface area (Å²) in [6.45, 7) is 6.07. The van der Waals surface area contributed by atoms with Crippen molar-refractivity contribution in [2.45, 2.75) is 26.2 Å². The van der Waals surface area contributed by atoms with Crippen molar-refractivity contribution in [3.8, 4) is 0 Å². The van der Waals surface area contributed by atoms with E-state index in [0.29, 0.717) is 5.52 Å². The van der Waals surface area contributed by atoms with Crippen molar-refractivity contribution >= 4 is 17.2 Å². The van der Waals surface area contributed by atoms with Crippen LogP contribution in [0.1, 0.15) is 37.1 Å². The summed E-state index contributed by atoms with van der Waals surface area (Å²) in [5.74, 6) is -0.245. The van der Waals surface area contributed by atoms with Crippen molar-refractivity contribution in [1.29, 1.82) is 0 Å². The van der Waals surface area contributed by atoms with Gasteiger partial charge in [0, 0.05) is 25.7 Å². The third-order valence-electron chi connectivity index (χ3n) is 3.00. The molecule has 5 heteroatoms. The van der Waals surface area contributed by atoms with Crippen molar-refractivity contribution in [1.82, 2.24) is 9.38 Å². The Kier molecular flexibility index (Phi) is 3.00. The van der Waals surface area contributed by atoms with Crippen LogP contribution in [-0.4, -0.2) is 34.6 Å². The molecular weight excluding hydrogens is 242 g/mol. The van der Waals surface area contributed by atoms with Crippen molar-refractivity contribution in [2.24, 2.45) is 0 Å². The Morgan fingerprint density at radius 3 is 2.47 bits per heavy atom. The Morgan fingerprint density at radius 1 is 1.37 bits per heavy atom. The number of nitrogens with zero attached hydrogens (tertiary/aromatic N) is 3. The molecule has 5 nitrogen and oxygen atoms in total. The second kappa shape index (κ2) is 4.26. The average molecular weight is 261 g/mol. The molecule has 0 spiro atoms. The summed E-state index contributed by atoms with van der Waals surface area (Å²) in [4.78, 5) is 17.7. The fourth-order valence-corrected chi connectivity index (χ4v) is 2.16. The molecule has 1 N–H and O–H groups in total. The highest BCUT2D eigenvalue weighted by molar-refractivity contribution is 5.98. The van der Waals surface area contributed by atoms with E-state index in [0.717, 1.165) is 11.5 Å². The summed E-state index contributed by atoms with van der Waals surface area (Å²) in [7, 11) is 3.79. The number of rotatable bonds is 2. The lowest BCUT2D eigenvalue weighted by atomic mass is 9.96. The normalized spacial score (nSPS) is 11.8. The predicted octanol–water partition coefficient (Wildman–Crippen LogP) is 2.40. The van der Waals surface area contributed by atoms with Crippen LogP contribution >= 0.6 is 0 Å². The number of hydrogen-bond donors (Lipinski definition) is 1. The summed E-state index contributed by atoms with van der Waals surface area (Å²) >= 11 is 0. The largest absolute Gasteiger partial charge is 0.476 e. The van der Waals surface area contributed by atoms with E-state index in [1.165, 1.54) is 0 Å². The van der Waals surface area contributed by atoms with Crippen molar-refractivity contribution in [2.75, 3.05) is 19.0 Å². The van der Waals surface area contributed by atoms with Crippen LogP contribution in [-0.2, 0) is 5.41 Å². The fraction of sp³-hybridized carbons (Fsp3) is 0.429. The molecule has 2 aromatic rings. The van der Waals surface area contributed by atoms with Gasteiger partial charge in [-0.25, -0.2) is 9.78 Å². The van der Waals surface area contributed by atoms with Gasteiger partial charge >= 0.3 is 5.97 Å². The molecule has 0 aliphatic heterocycles. The van der Waals surface area contributed by atoms with E-state index < -0.39 is 5.97 Å². The molecule has 0 aromatic carbocycles. The summed E-state index contributed by atoms with van der Waals surface area (Å²) in [6.07, 6.45) is 1.86. The highest BCUT2D eigenvalue weighted by atomic mass is 16.4. The fourth-order valence-electron chi connectivity index (χ4n) is 2.16. The molecule has 19 heavy (non-hydrogen) atoms. The first-order valence-corrected chi connectivity index (χ1v) is 6.15. The Bertz CT molecular complexity index is 636. The lowest BCUT2D eigenvalue weighted by Gasteiger charge is -2.18. The lowest BCUT2D eigenvalue weighted by molar-refractivity contribution is 0.0693. The number of fused-ring (bicyclic) bond motifs is 1. The van der Waals surface area contributed by atoms with Crippen LogP contribution in [0.25, 0.3) is 5.52 Å². The summed E-state index contributed by atoms with van der Waals surface area (Å²) < 4.78 is 1.87. The summed E-state index contributed by atoms with van der Waals surface area (Å²) in [5.41, 5.74) is 1.38. The third kappa shape index (κ3) is 2.16. The van der Waals surface area contributed by atoms with Crippen LogP contribution in [0.5, 0.6) is 0 Å². The van der Waals surface area contributed by atoms with Gasteiger partial charge in [-0.15, -0.1) is 0 Å². The van der Waals surface area contributed by atoms with Gasteiger partial charge in [0.15, 0.2) is 5.69 Å². The van der Waals surface area contributed by atoms with Gasteiger partial charge < -0.3 is 14.4 Å². The molecule has 0 amide bonds. The molecule has 2 heterocycles. The molecule has 0 atom stereocenters. The molecule has 2 rings (SSSR count). The molecule has 0 aliphatic carbocycles. The molecule has 0 saturated heterocycles. The van der Waals surface area contributed by atoms with Crippen molar-refractivity contribution < 1.29 is 9.90 Å². The van der Waals surface area contributed by atoms with Gasteiger partial charge in [-0.1, -0.05) is 20.8 Å². The van der Waals surface area contributed by atoms with Gasteiger partial charge in [0.1, 0.15) is 11.3 Å². The smallest absolute Gasteiger partial charge is 0.356 e. The number of anilines is 1. The maximum absolute atomic E-state index is 11.4. The quantitative estimate of drug-likeness (QED) is 0.901. The molecule has 0 unspecified atom stereocenters. The van der Waals surface area contributed by atoms with E-state index >= 15 is 0 Å². The van der Waals surface area contributed by atoms with E-state index in [1.807, 2.05) is 62.5 Å². The minimum atomic E-state index is -0.998. The first-order valence-electron chi connectivity index (χ1n) is 6.15. The standard InChI is InChI=1S/C14H19N3O2/c1-14(2,3)13-15-10(12(18)19)11-9(16(4)5)7-6-8-17(11)13/h6-8H,1-5H3,(H,18,19). The van der Waals surface area contributed by atoms with Crippen LogP contribution in [0.15, 0.2) is 18.3 Å². The zero-order valence-corrected chi connectivity index (χ0v) is 11.9. The van der Waals surface area contributed by atoms with E-state index in [2.05, 4.69) is 4.98 Å². The molecule has 0 radical (unpaired) electrons. The van der Waals surface area contributed by atoms with E-state index in [1.54, 1.807) is 0 Å². The molecule has 0 bridgehead atoms. The summed E-state index contributed by atoms with van der Waals surface area (Å²) in [5, 5.41) is 9.37. The monoisotopic (exact) mass is 261 g/mol. The Morgan fingerprint density at radius 2 is 2.00 bits per heavy atom. The van der Waals surface area contributed by atoms with Crippen molar-refractivity contribution in [3.63, 3.8) is 0 Å². The van der Waals surface area contributed by atoms with Gasteiger partial charge in [-0.2, -0.15) is 0 Å². The topological polar surface area (TPSA) is 57.8 Å². The zero-order valence-electron chi connectivity index (χ0n) is 11.9. The van der Waals surface area contributed by atoms with Crippen LogP contribution in [0, 0.1) is 0 Å². The lowest BCUT2D eigenvalue weighted by Crippen LogP contribution is -2.16. The number of carboxylic acids is 1. The van der Waals surface area contributed by atoms with Crippen LogP contribution in [0.3, 0.4) is 0 Å². The van der Waals surface area contributed by atoms with Gasteiger partial charge in [0.05, 0.1) is 5.69 Å². The maximum atomic E-state index is 11.4. The Balaban J connectivity index is 2.91. The van der Waals surface area contributed by atoms with E-state index in [-0.39, 0.29) is 11.1 Å². The molecule has 0 saturated carbocycles. The van der Waals surface area contributed by atoms with Crippen molar-refractivity contribution in [3.05, 3.63) is 29.8 Å². The number of pyridine rings is 1. The second-order valence-corrected chi connectivity index (χ2v) is 5.85. The number of imidazole rings is 1. The zero-order chi connectivity index (χ0) is 14.4. The summed E-state index contributed by atoms with van der Waals surface area (Å²) in [6, 6.07) is 3.81. The number of carboxylic acid groups (broad SMARTS) is 1. The van der Waals surface area contributed by atoms with Gasteiger partial charge in [0.25, 0.3) is 0 Å². The maximum Gasteiger partial charge on any atom is 0.356 e. The van der Waals surface area contributed by atoms with Gasteiger partial charge in [-0.3, -0.25) is 0 Å². The molecule has 102 valence electrons. The predicted molar refractivity (Wildman–Crippen MR) is 75.2 cm³/mol.